The molecule has 25 heavy (non-hydrogen) atoms. The molecule has 0 saturated heterocycles. The minimum absolute atomic E-state index is 0.0444. The highest BCUT2D eigenvalue weighted by molar-refractivity contribution is 5.79. The number of hydrogen-bond donors (Lipinski definition) is 1. The van der Waals surface area contributed by atoms with Crippen LogP contribution in [-0.2, 0) is 0 Å². The average Bonchev–Trinajstić information content (AvgIpc) is 3.11. The van der Waals surface area contributed by atoms with Gasteiger partial charge in [0.25, 0.3) is 5.69 Å². The molecule has 0 saturated carbocycles. The molecule has 0 aliphatic carbocycles. The summed E-state index contributed by atoms with van der Waals surface area (Å²) in [6.07, 6.45) is 3.63. The highest BCUT2D eigenvalue weighted by Gasteiger charge is 2.04. The zero-order valence-corrected chi connectivity index (χ0v) is 13.5. The van der Waals surface area contributed by atoms with Crippen molar-refractivity contribution in [3.05, 3.63) is 82.7 Å². The molecule has 7 heteroatoms. The van der Waals surface area contributed by atoms with E-state index >= 15 is 0 Å². The number of non-ortho nitro benzene ring substituents is 1. The molecule has 0 bridgehead atoms. The lowest BCUT2D eigenvalue weighted by Gasteiger charge is -2.07. The van der Waals surface area contributed by atoms with Gasteiger partial charge in [-0.3, -0.25) is 15.5 Å². The van der Waals surface area contributed by atoms with Gasteiger partial charge in [-0.15, -0.1) is 0 Å². The smallest absolute Gasteiger partial charge is 0.269 e. The Labute approximate surface area is 144 Å². The standard InChI is InChI=1S/C18H16N4O3/c1-25-18-10-8-15(9-11-18)21-12-2-3-17(21)13-19-20-14-4-6-16(7-5-14)22(23)24/h2-13,20H,1H3/b19-13+. The minimum atomic E-state index is -0.436. The van der Waals surface area contributed by atoms with Gasteiger partial charge in [0.1, 0.15) is 5.75 Å². The first-order valence-electron chi connectivity index (χ1n) is 7.53. The van der Waals surface area contributed by atoms with E-state index in [1.54, 1.807) is 25.5 Å². The highest BCUT2D eigenvalue weighted by atomic mass is 16.6. The minimum Gasteiger partial charge on any atom is -0.497 e. The Morgan fingerprint density at radius 2 is 1.84 bits per heavy atom. The zero-order valence-electron chi connectivity index (χ0n) is 13.5. The fourth-order valence-electron chi connectivity index (χ4n) is 2.31. The lowest BCUT2D eigenvalue weighted by atomic mass is 10.3. The van der Waals surface area contributed by atoms with Crippen LogP contribution in [0.15, 0.2) is 72.0 Å². The van der Waals surface area contributed by atoms with Crippen LogP contribution in [0.25, 0.3) is 5.69 Å². The average molecular weight is 336 g/mol. The van der Waals surface area contributed by atoms with E-state index in [0.717, 1.165) is 17.1 Å². The lowest BCUT2D eigenvalue weighted by molar-refractivity contribution is -0.384. The van der Waals surface area contributed by atoms with Gasteiger partial charge < -0.3 is 9.30 Å². The Balaban J connectivity index is 1.71. The molecule has 0 atom stereocenters. The molecule has 7 nitrogen and oxygen atoms in total. The number of nitro groups is 1. The van der Waals surface area contributed by atoms with Crippen molar-refractivity contribution in [2.24, 2.45) is 5.10 Å². The van der Waals surface area contributed by atoms with Crippen molar-refractivity contribution in [1.82, 2.24) is 4.57 Å². The fourth-order valence-corrected chi connectivity index (χ4v) is 2.31. The predicted octanol–water partition coefficient (Wildman–Crippen LogP) is 3.84. The molecule has 0 aliphatic rings. The van der Waals surface area contributed by atoms with E-state index in [-0.39, 0.29) is 5.69 Å². The number of aromatic nitrogens is 1. The molecule has 1 aromatic heterocycles. The summed E-state index contributed by atoms with van der Waals surface area (Å²) in [5.41, 5.74) is 5.45. The van der Waals surface area contributed by atoms with Crippen molar-refractivity contribution in [3.63, 3.8) is 0 Å². The topological polar surface area (TPSA) is 81.7 Å². The Morgan fingerprint density at radius 3 is 2.48 bits per heavy atom. The second kappa shape index (κ2) is 7.31. The van der Waals surface area contributed by atoms with E-state index < -0.39 is 4.92 Å². The Hall–Kier alpha value is -3.61. The summed E-state index contributed by atoms with van der Waals surface area (Å²) in [6.45, 7) is 0. The summed E-state index contributed by atoms with van der Waals surface area (Å²) in [5.74, 6) is 0.797. The van der Waals surface area contributed by atoms with E-state index in [4.69, 9.17) is 4.74 Å². The number of ether oxygens (including phenoxy) is 1. The first-order chi connectivity index (χ1) is 12.2. The summed E-state index contributed by atoms with van der Waals surface area (Å²) in [4.78, 5) is 10.2. The SMILES string of the molecule is COc1ccc(-n2cccc2/C=N/Nc2ccc([N+](=O)[O-])cc2)cc1. The molecule has 2 aromatic carbocycles. The molecule has 0 spiro atoms. The third-order valence-electron chi connectivity index (χ3n) is 3.60. The summed E-state index contributed by atoms with van der Waals surface area (Å²) in [7, 11) is 1.63. The number of anilines is 1. The second-order valence-electron chi connectivity index (χ2n) is 5.18. The molecule has 0 aliphatic heterocycles. The number of methoxy groups -OCH3 is 1. The predicted molar refractivity (Wildman–Crippen MR) is 96.6 cm³/mol. The first kappa shape index (κ1) is 16.3. The number of benzene rings is 2. The van der Waals surface area contributed by atoms with Crippen LogP contribution >= 0.6 is 0 Å². The molecule has 3 aromatic rings. The van der Waals surface area contributed by atoms with Crippen LogP contribution in [-0.4, -0.2) is 22.8 Å². The van der Waals surface area contributed by atoms with Crippen LogP contribution in [0.4, 0.5) is 11.4 Å². The highest BCUT2D eigenvalue weighted by Crippen LogP contribution is 2.17. The van der Waals surface area contributed by atoms with Crippen molar-refractivity contribution in [3.8, 4) is 11.4 Å². The van der Waals surface area contributed by atoms with Crippen molar-refractivity contribution in [2.45, 2.75) is 0 Å². The molecule has 0 radical (unpaired) electrons. The second-order valence-corrected chi connectivity index (χ2v) is 5.18. The Morgan fingerprint density at radius 1 is 1.12 bits per heavy atom. The van der Waals surface area contributed by atoms with Crippen molar-refractivity contribution in [1.29, 1.82) is 0 Å². The normalized spacial score (nSPS) is 10.8. The van der Waals surface area contributed by atoms with Crippen LogP contribution in [0.3, 0.4) is 0 Å². The number of nitro benzene ring substituents is 1. The van der Waals surface area contributed by atoms with Gasteiger partial charge >= 0.3 is 0 Å². The number of rotatable bonds is 6. The summed E-state index contributed by atoms with van der Waals surface area (Å²) in [6, 6.07) is 17.6. The molecule has 0 amide bonds. The number of nitrogens with one attached hydrogen (secondary N) is 1. The summed E-state index contributed by atoms with van der Waals surface area (Å²) >= 11 is 0. The molecule has 3 rings (SSSR count). The summed E-state index contributed by atoms with van der Waals surface area (Å²) in [5, 5.41) is 14.8. The van der Waals surface area contributed by atoms with E-state index in [9.17, 15) is 10.1 Å². The lowest BCUT2D eigenvalue weighted by Crippen LogP contribution is -1.99. The van der Waals surface area contributed by atoms with Gasteiger partial charge in [0.05, 0.1) is 29.6 Å². The van der Waals surface area contributed by atoms with Gasteiger partial charge in [-0.1, -0.05) is 0 Å². The largest absolute Gasteiger partial charge is 0.497 e. The fraction of sp³-hybridized carbons (Fsp3) is 0.0556. The van der Waals surface area contributed by atoms with Crippen molar-refractivity contribution in [2.75, 3.05) is 12.5 Å². The van der Waals surface area contributed by atoms with E-state index in [1.807, 2.05) is 47.2 Å². The number of nitrogens with zero attached hydrogens (tertiary/aromatic N) is 3. The third kappa shape index (κ3) is 3.84. The Kier molecular flexibility index (Phi) is 4.75. The van der Waals surface area contributed by atoms with Crippen LogP contribution in [0.5, 0.6) is 5.75 Å². The van der Waals surface area contributed by atoms with Gasteiger partial charge in [-0.25, -0.2) is 0 Å². The van der Waals surface area contributed by atoms with E-state index in [1.165, 1.54) is 12.1 Å². The summed E-state index contributed by atoms with van der Waals surface area (Å²) < 4.78 is 7.15. The van der Waals surface area contributed by atoms with Crippen LogP contribution in [0.1, 0.15) is 5.69 Å². The number of hydrogen-bond acceptors (Lipinski definition) is 5. The maximum atomic E-state index is 10.6. The van der Waals surface area contributed by atoms with E-state index in [2.05, 4.69) is 10.5 Å². The van der Waals surface area contributed by atoms with Gasteiger partial charge in [-0.05, 0) is 48.5 Å². The van der Waals surface area contributed by atoms with Crippen LogP contribution in [0.2, 0.25) is 0 Å². The maximum Gasteiger partial charge on any atom is 0.269 e. The Bertz CT molecular complexity index is 883. The quantitative estimate of drug-likeness (QED) is 0.421. The van der Waals surface area contributed by atoms with Gasteiger partial charge in [-0.2, -0.15) is 5.10 Å². The molecule has 126 valence electrons. The molecular weight excluding hydrogens is 320 g/mol. The molecule has 1 heterocycles. The van der Waals surface area contributed by atoms with Gasteiger partial charge in [0, 0.05) is 24.0 Å². The molecular formula is C18H16N4O3. The van der Waals surface area contributed by atoms with Crippen LogP contribution in [0, 0.1) is 10.1 Å². The van der Waals surface area contributed by atoms with Gasteiger partial charge in [0.2, 0.25) is 0 Å². The van der Waals surface area contributed by atoms with Gasteiger partial charge in [0.15, 0.2) is 0 Å². The van der Waals surface area contributed by atoms with E-state index in [0.29, 0.717) is 5.69 Å². The first-order valence-corrected chi connectivity index (χ1v) is 7.53. The molecule has 0 unspecified atom stereocenters. The zero-order chi connectivity index (χ0) is 17.6. The van der Waals surface area contributed by atoms with Crippen molar-refractivity contribution < 1.29 is 9.66 Å². The van der Waals surface area contributed by atoms with Crippen LogP contribution < -0.4 is 10.2 Å². The molecule has 0 fully saturated rings. The number of hydrazone groups is 1. The van der Waals surface area contributed by atoms with Crippen molar-refractivity contribution >= 4 is 17.6 Å². The monoisotopic (exact) mass is 336 g/mol. The third-order valence-corrected chi connectivity index (χ3v) is 3.60. The maximum absolute atomic E-state index is 10.6. The molecule has 1 N–H and O–H groups in total.